The average Bonchev–Trinajstić information content (AvgIpc) is 2.75. The third kappa shape index (κ3) is 3.65. The van der Waals surface area contributed by atoms with E-state index in [9.17, 15) is 19.5 Å². The Morgan fingerprint density at radius 3 is 2.47 bits per heavy atom. The van der Waals surface area contributed by atoms with Gasteiger partial charge in [-0.3, -0.25) is 14.6 Å². The zero-order chi connectivity index (χ0) is 21.3. The zero-order valence-electron chi connectivity index (χ0n) is 15.8. The summed E-state index contributed by atoms with van der Waals surface area (Å²) in [5.74, 6) is -1.68. The van der Waals surface area contributed by atoms with Gasteiger partial charge in [0.05, 0.1) is 28.9 Å². The number of pyridine rings is 2. The molecule has 4 aromatic rings. The predicted molar refractivity (Wildman–Crippen MR) is 114 cm³/mol. The molecule has 144 valence electrons. The lowest BCUT2D eigenvalue weighted by molar-refractivity contribution is 0.0697. The lowest BCUT2D eigenvalue weighted by Crippen LogP contribution is -2.21. The molecule has 0 amide bonds. The second-order valence-electron chi connectivity index (χ2n) is 6.79. The van der Waals surface area contributed by atoms with E-state index in [1.807, 2.05) is 6.07 Å². The number of hydrogen-bond acceptors (Lipinski definition) is 4. The fourth-order valence-corrected chi connectivity index (χ4v) is 3.35. The number of rotatable bonds is 5. The number of hydrogen-bond donors (Lipinski definition) is 1. The molecule has 0 saturated heterocycles. The predicted octanol–water partition coefficient (Wildman–Crippen LogP) is 2.17. The molecule has 2 heterocycles. The molecule has 2 aromatic heterocycles. The van der Waals surface area contributed by atoms with Gasteiger partial charge in [0, 0.05) is 17.1 Å². The van der Waals surface area contributed by atoms with Crippen LogP contribution in [0.15, 0.2) is 77.7 Å². The number of benzene rings is 2. The molecule has 2 aromatic carbocycles. The van der Waals surface area contributed by atoms with Crippen molar-refractivity contribution in [1.29, 1.82) is 0 Å². The van der Waals surface area contributed by atoms with Crippen LogP contribution in [0.25, 0.3) is 10.9 Å². The molecule has 0 aliphatic heterocycles. The monoisotopic (exact) mass is 394 g/mol. The first-order chi connectivity index (χ1) is 14.4. The topological polar surface area (TPSA) is 89.3 Å². The van der Waals surface area contributed by atoms with Crippen molar-refractivity contribution >= 4 is 36.1 Å². The number of carbonyl (C=O) groups excluding carboxylic acids is 1. The Labute approximate surface area is 172 Å². The van der Waals surface area contributed by atoms with Crippen molar-refractivity contribution in [2.45, 2.75) is 6.54 Å². The first-order valence-corrected chi connectivity index (χ1v) is 9.15. The van der Waals surface area contributed by atoms with Crippen LogP contribution in [0.3, 0.4) is 0 Å². The van der Waals surface area contributed by atoms with Gasteiger partial charge in [-0.05, 0) is 35.9 Å². The highest BCUT2D eigenvalue weighted by atomic mass is 16.4. The molecule has 2 radical (unpaired) electrons. The first kappa shape index (κ1) is 19.3. The van der Waals surface area contributed by atoms with Gasteiger partial charge in [0.25, 0.3) is 0 Å². The number of nitrogens with zero attached hydrogens (tertiary/aromatic N) is 2. The van der Waals surface area contributed by atoms with Crippen molar-refractivity contribution in [2.24, 2.45) is 0 Å². The van der Waals surface area contributed by atoms with Gasteiger partial charge in [0.1, 0.15) is 7.85 Å². The molecule has 30 heavy (non-hydrogen) atoms. The van der Waals surface area contributed by atoms with Crippen LogP contribution in [-0.2, 0) is 6.54 Å². The second-order valence-corrected chi connectivity index (χ2v) is 6.79. The molecule has 0 spiro atoms. The smallest absolute Gasteiger partial charge is 0.335 e. The summed E-state index contributed by atoms with van der Waals surface area (Å²) >= 11 is 0. The van der Waals surface area contributed by atoms with Gasteiger partial charge < -0.3 is 9.67 Å². The number of carbonyl (C=O) groups is 2. The van der Waals surface area contributed by atoms with Crippen LogP contribution < -0.4 is 11.0 Å². The van der Waals surface area contributed by atoms with Crippen LogP contribution in [0, 0.1) is 0 Å². The van der Waals surface area contributed by atoms with Crippen molar-refractivity contribution in [3.05, 3.63) is 106 Å². The van der Waals surface area contributed by atoms with Crippen LogP contribution in [-0.4, -0.2) is 34.3 Å². The van der Waals surface area contributed by atoms with Gasteiger partial charge in [-0.2, -0.15) is 0 Å². The molecule has 1 N–H and O–H groups in total. The number of aromatic nitrogens is 2. The van der Waals surface area contributed by atoms with Crippen LogP contribution in [0.1, 0.15) is 32.0 Å². The Balaban J connectivity index is 1.87. The van der Waals surface area contributed by atoms with E-state index in [1.54, 1.807) is 41.0 Å². The molecule has 0 fully saturated rings. The van der Waals surface area contributed by atoms with E-state index in [0.717, 1.165) is 0 Å². The Kier molecular flexibility index (Phi) is 5.02. The standard InChI is InChI=1S/C23H15BN2O4/c24-20-10-4-7-16(25-20)12-26-13-18(22(28)17-8-1-2-9-19(17)26)21(27)14-5-3-6-15(11-14)23(29)30/h1-11,13H,12H2,(H,29,30). The van der Waals surface area contributed by atoms with Crippen LogP contribution in [0.4, 0.5) is 0 Å². The molecule has 0 aliphatic carbocycles. The normalized spacial score (nSPS) is 10.8. The van der Waals surface area contributed by atoms with Gasteiger partial charge in [0.15, 0.2) is 5.78 Å². The highest BCUT2D eigenvalue weighted by Gasteiger charge is 2.18. The molecule has 0 bridgehead atoms. The van der Waals surface area contributed by atoms with E-state index in [0.29, 0.717) is 28.7 Å². The summed E-state index contributed by atoms with van der Waals surface area (Å²) in [7, 11) is 5.77. The Hall–Kier alpha value is -4.00. The molecule has 0 unspecified atom stereocenters. The van der Waals surface area contributed by atoms with E-state index in [2.05, 4.69) is 4.98 Å². The van der Waals surface area contributed by atoms with E-state index in [-0.39, 0.29) is 16.7 Å². The van der Waals surface area contributed by atoms with Gasteiger partial charge >= 0.3 is 5.97 Å². The Morgan fingerprint density at radius 2 is 1.70 bits per heavy atom. The van der Waals surface area contributed by atoms with E-state index < -0.39 is 17.2 Å². The first-order valence-electron chi connectivity index (χ1n) is 9.15. The zero-order valence-corrected chi connectivity index (χ0v) is 15.8. The second kappa shape index (κ2) is 7.79. The Morgan fingerprint density at radius 1 is 0.967 bits per heavy atom. The summed E-state index contributed by atoms with van der Waals surface area (Å²) in [5.41, 5.74) is 1.37. The number of carboxylic acid groups (broad SMARTS) is 1. The highest BCUT2D eigenvalue weighted by Crippen LogP contribution is 2.16. The van der Waals surface area contributed by atoms with Crippen molar-refractivity contribution in [1.82, 2.24) is 9.55 Å². The van der Waals surface area contributed by atoms with Crippen molar-refractivity contribution in [3.63, 3.8) is 0 Å². The average molecular weight is 394 g/mol. The quantitative estimate of drug-likeness (QED) is 0.414. The Bertz CT molecular complexity index is 1360. The summed E-state index contributed by atoms with van der Waals surface area (Å²) in [6.45, 7) is 0.307. The summed E-state index contributed by atoms with van der Waals surface area (Å²) in [6.07, 6.45) is 1.49. The number of para-hydroxylation sites is 1. The maximum absolute atomic E-state index is 13.1. The molecule has 4 rings (SSSR count). The third-order valence-electron chi connectivity index (χ3n) is 4.76. The minimum atomic E-state index is -1.15. The number of aromatic carboxylic acids is 1. The van der Waals surface area contributed by atoms with Gasteiger partial charge in [-0.15, -0.1) is 0 Å². The third-order valence-corrected chi connectivity index (χ3v) is 4.76. The minimum Gasteiger partial charge on any atom is -0.478 e. The lowest BCUT2D eigenvalue weighted by atomic mass is 10.0. The summed E-state index contributed by atoms with van der Waals surface area (Å²) < 4.78 is 1.77. The SMILES string of the molecule is [B]c1cccc(Cn2cc(C(=O)c3cccc(C(=O)O)c3)c(=O)c3ccccc32)n1. The molecule has 6 nitrogen and oxygen atoms in total. The fraction of sp³-hybridized carbons (Fsp3) is 0.0435. The fourth-order valence-electron chi connectivity index (χ4n) is 3.35. The van der Waals surface area contributed by atoms with Crippen molar-refractivity contribution < 1.29 is 14.7 Å². The molecule has 0 aliphatic rings. The van der Waals surface area contributed by atoms with Gasteiger partial charge in [0.2, 0.25) is 5.43 Å². The number of ketones is 1. The largest absolute Gasteiger partial charge is 0.478 e. The molecular formula is C23H15BN2O4. The molecule has 0 saturated carbocycles. The summed E-state index contributed by atoms with van der Waals surface area (Å²) in [6, 6.07) is 17.9. The summed E-state index contributed by atoms with van der Waals surface area (Å²) in [5, 5.41) is 9.58. The van der Waals surface area contributed by atoms with Crippen LogP contribution in [0.2, 0.25) is 0 Å². The lowest BCUT2D eigenvalue weighted by Gasteiger charge is -2.13. The van der Waals surface area contributed by atoms with Crippen LogP contribution in [0.5, 0.6) is 0 Å². The van der Waals surface area contributed by atoms with Crippen molar-refractivity contribution in [3.8, 4) is 0 Å². The van der Waals surface area contributed by atoms with E-state index in [1.165, 1.54) is 30.5 Å². The molecular weight excluding hydrogens is 379 g/mol. The van der Waals surface area contributed by atoms with E-state index in [4.69, 9.17) is 7.85 Å². The minimum absolute atomic E-state index is 0.0223. The maximum Gasteiger partial charge on any atom is 0.335 e. The molecule has 7 heteroatoms. The van der Waals surface area contributed by atoms with E-state index >= 15 is 0 Å². The highest BCUT2D eigenvalue weighted by molar-refractivity contribution is 6.30. The van der Waals surface area contributed by atoms with Gasteiger partial charge in [-0.25, -0.2) is 4.79 Å². The number of carboxylic acids is 1. The van der Waals surface area contributed by atoms with Crippen molar-refractivity contribution in [2.75, 3.05) is 0 Å². The van der Waals surface area contributed by atoms with Crippen LogP contribution >= 0.6 is 0 Å². The molecule has 0 atom stereocenters. The summed E-state index contributed by atoms with van der Waals surface area (Å²) in [4.78, 5) is 41.7. The maximum atomic E-state index is 13.1. The number of fused-ring (bicyclic) bond motifs is 1. The van der Waals surface area contributed by atoms with Gasteiger partial charge in [-0.1, -0.05) is 36.4 Å².